The van der Waals surface area contributed by atoms with Gasteiger partial charge in [0.15, 0.2) is 0 Å². The van der Waals surface area contributed by atoms with Gasteiger partial charge in [0.1, 0.15) is 0 Å². The molecule has 0 spiro atoms. The molecule has 0 aromatic carbocycles. The van der Waals surface area contributed by atoms with E-state index in [1.165, 1.54) is 22.3 Å². The average molecular weight is 179 g/mol. The molecule has 0 atom stereocenters. The van der Waals surface area contributed by atoms with E-state index in [1.54, 1.807) is 6.21 Å². The van der Waals surface area contributed by atoms with Crippen molar-refractivity contribution in [3.05, 3.63) is 22.3 Å². The first kappa shape index (κ1) is 10.0. The number of hydrogen-bond donors (Lipinski definition) is 1. The van der Waals surface area contributed by atoms with E-state index >= 15 is 0 Å². The molecule has 0 aromatic rings. The van der Waals surface area contributed by atoms with Gasteiger partial charge in [-0.1, -0.05) is 11.1 Å². The molecule has 0 heterocycles. The third-order valence-electron chi connectivity index (χ3n) is 3.56. The highest BCUT2D eigenvalue weighted by atomic mass is 16.4. The van der Waals surface area contributed by atoms with Crippen LogP contribution in [0.4, 0.5) is 0 Å². The molecule has 1 rings (SSSR count). The third kappa shape index (κ3) is 1.21. The second kappa shape index (κ2) is 3.02. The maximum atomic E-state index is 8.62. The summed E-state index contributed by atoms with van der Waals surface area (Å²) in [5.74, 6) is 0. The van der Waals surface area contributed by atoms with Crippen LogP contribution in [0.3, 0.4) is 0 Å². The number of rotatable bonds is 1. The Balaban J connectivity index is 3.30. The number of nitrogens with zero attached hydrogens (tertiary/aromatic N) is 1. The van der Waals surface area contributed by atoms with Gasteiger partial charge in [-0.05, 0) is 45.8 Å². The van der Waals surface area contributed by atoms with Crippen LogP contribution in [0.5, 0.6) is 0 Å². The highest BCUT2D eigenvalue weighted by Gasteiger charge is 2.34. The SMILES string of the molecule is CC1=C(C)C(C)(/C=N/O)C(C)=C1C. The van der Waals surface area contributed by atoms with Gasteiger partial charge in [0.25, 0.3) is 0 Å². The number of oxime groups is 1. The van der Waals surface area contributed by atoms with E-state index in [4.69, 9.17) is 5.21 Å². The zero-order valence-electron chi connectivity index (χ0n) is 8.97. The van der Waals surface area contributed by atoms with Crippen molar-refractivity contribution in [1.29, 1.82) is 0 Å². The lowest BCUT2D eigenvalue weighted by Crippen LogP contribution is -2.19. The van der Waals surface area contributed by atoms with E-state index in [0.717, 1.165) is 0 Å². The Kier molecular flexibility index (Phi) is 2.33. The summed E-state index contributed by atoms with van der Waals surface area (Å²) in [6.07, 6.45) is 1.61. The van der Waals surface area contributed by atoms with E-state index < -0.39 is 0 Å². The molecule has 1 aliphatic rings. The summed E-state index contributed by atoms with van der Waals surface area (Å²) in [7, 11) is 0. The van der Waals surface area contributed by atoms with E-state index in [9.17, 15) is 0 Å². The molecule has 0 aromatic heterocycles. The fourth-order valence-electron chi connectivity index (χ4n) is 1.93. The topological polar surface area (TPSA) is 32.6 Å². The molecule has 2 heteroatoms. The molecule has 1 aliphatic carbocycles. The maximum absolute atomic E-state index is 8.62. The summed E-state index contributed by atoms with van der Waals surface area (Å²) >= 11 is 0. The van der Waals surface area contributed by atoms with Crippen LogP contribution in [0, 0.1) is 5.41 Å². The molecule has 13 heavy (non-hydrogen) atoms. The maximum Gasteiger partial charge on any atom is 0.0576 e. The Morgan fingerprint density at radius 3 is 1.77 bits per heavy atom. The minimum Gasteiger partial charge on any atom is -0.411 e. The molecule has 0 aliphatic heterocycles. The van der Waals surface area contributed by atoms with Crippen molar-refractivity contribution in [2.24, 2.45) is 10.6 Å². The van der Waals surface area contributed by atoms with Gasteiger partial charge in [-0.25, -0.2) is 0 Å². The molecular weight excluding hydrogens is 162 g/mol. The van der Waals surface area contributed by atoms with Crippen molar-refractivity contribution in [2.45, 2.75) is 34.6 Å². The molecule has 2 nitrogen and oxygen atoms in total. The summed E-state index contributed by atoms with van der Waals surface area (Å²) in [4.78, 5) is 0. The van der Waals surface area contributed by atoms with Crippen molar-refractivity contribution in [3.63, 3.8) is 0 Å². The highest BCUT2D eigenvalue weighted by Crippen LogP contribution is 2.44. The average Bonchev–Trinajstić information content (AvgIpc) is 2.23. The highest BCUT2D eigenvalue weighted by molar-refractivity contribution is 5.78. The van der Waals surface area contributed by atoms with Crippen molar-refractivity contribution < 1.29 is 5.21 Å². The summed E-state index contributed by atoms with van der Waals surface area (Å²) in [5, 5.41) is 11.8. The van der Waals surface area contributed by atoms with Crippen LogP contribution in [0.15, 0.2) is 27.4 Å². The normalized spacial score (nSPS) is 22.2. The third-order valence-corrected chi connectivity index (χ3v) is 3.56. The van der Waals surface area contributed by atoms with E-state index in [-0.39, 0.29) is 5.41 Å². The largest absolute Gasteiger partial charge is 0.411 e. The summed E-state index contributed by atoms with van der Waals surface area (Å²) in [5.41, 5.74) is 5.02. The van der Waals surface area contributed by atoms with Gasteiger partial charge in [-0.15, -0.1) is 5.16 Å². The minimum atomic E-state index is -0.178. The molecule has 0 radical (unpaired) electrons. The molecule has 0 amide bonds. The van der Waals surface area contributed by atoms with Gasteiger partial charge in [-0.3, -0.25) is 0 Å². The van der Waals surface area contributed by atoms with E-state index in [1.807, 2.05) is 0 Å². The van der Waals surface area contributed by atoms with Gasteiger partial charge < -0.3 is 5.21 Å². The predicted octanol–water partition coefficient (Wildman–Crippen LogP) is 3.14. The molecule has 72 valence electrons. The summed E-state index contributed by atoms with van der Waals surface area (Å²) in [6, 6.07) is 0. The lowest BCUT2D eigenvalue weighted by atomic mass is 9.81. The molecule has 0 saturated heterocycles. The van der Waals surface area contributed by atoms with Crippen molar-refractivity contribution >= 4 is 6.21 Å². The predicted molar refractivity (Wildman–Crippen MR) is 55.1 cm³/mol. The Hall–Kier alpha value is -1.05. The Bertz CT molecular complexity index is 297. The smallest absolute Gasteiger partial charge is 0.0576 e. The number of allylic oxidation sites excluding steroid dienone is 4. The van der Waals surface area contributed by atoms with Crippen molar-refractivity contribution in [1.82, 2.24) is 0 Å². The van der Waals surface area contributed by atoms with Crippen LogP contribution in [-0.4, -0.2) is 11.4 Å². The molecule has 0 saturated carbocycles. The Labute approximate surface area is 79.6 Å². The lowest BCUT2D eigenvalue weighted by molar-refractivity contribution is 0.317. The zero-order valence-corrected chi connectivity index (χ0v) is 8.97. The lowest BCUT2D eigenvalue weighted by Gasteiger charge is -2.22. The van der Waals surface area contributed by atoms with Gasteiger partial charge in [-0.2, -0.15) is 0 Å². The minimum absolute atomic E-state index is 0.178. The standard InChI is InChI=1S/C11H17NO/c1-7-8(2)10(4)11(5,6-12-13)9(7)3/h6,13H,1-5H3/b12-6+. The van der Waals surface area contributed by atoms with Gasteiger partial charge >= 0.3 is 0 Å². The number of hydrogen-bond acceptors (Lipinski definition) is 2. The summed E-state index contributed by atoms with van der Waals surface area (Å²) in [6.45, 7) is 10.5. The monoisotopic (exact) mass is 179 g/mol. The van der Waals surface area contributed by atoms with Crippen molar-refractivity contribution in [2.75, 3.05) is 0 Å². The Morgan fingerprint density at radius 2 is 1.46 bits per heavy atom. The first-order valence-electron chi connectivity index (χ1n) is 4.50. The van der Waals surface area contributed by atoms with Gasteiger partial charge in [0.05, 0.1) is 6.21 Å². The van der Waals surface area contributed by atoms with Crippen LogP contribution in [0.25, 0.3) is 0 Å². The Morgan fingerprint density at radius 1 is 1.08 bits per heavy atom. The van der Waals surface area contributed by atoms with Crippen LogP contribution < -0.4 is 0 Å². The van der Waals surface area contributed by atoms with Gasteiger partial charge in [0, 0.05) is 5.41 Å². The quantitative estimate of drug-likeness (QED) is 0.374. The second-order valence-corrected chi connectivity index (χ2v) is 3.95. The van der Waals surface area contributed by atoms with Gasteiger partial charge in [0.2, 0.25) is 0 Å². The van der Waals surface area contributed by atoms with E-state index in [0.29, 0.717) is 0 Å². The molecule has 0 fully saturated rings. The summed E-state index contributed by atoms with van der Waals surface area (Å²) < 4.78 is 0. The first-order chi connectivity index (χ1) is 5.95. The fraction of sp³-hybridized carbons (Fsp3) is 0.545. The molecule has 1 N–H and O–H groups in total. The van der Waals surface area contributed by atoms with Crippen LogP contribution >= 0.6 is 0 Å². The zero-order chi connectivity index (χ0) is 10.2. The molecule has 0 bridgehead atoms. The van der Waals surface area contributed by atoms with Crippen LogP contribution in [0.2, 0.25) is 0 Å². The second-order valence-electron chi connectivity index (χ2n) is 3.95. The van der Waals surface area contributed by atoms with Crippen LogP contribution in [-0.2, 0) is 0 Å². The fourth-order valence-corrected chi connectivity index (χ4v) is 1.93. The molecular formula is C11H17NO. The van der Waals surface area contributed by atoms with E-state index in [2.05, 4.69) is 39.8 Å². The first-order valence-corrected chi connectivity index (χ1v) is 4.50. The van der Waals surface area contributed by atoms with Crippen molar-refractivity contribution in [3.8, 4) is 0 Å². The van der Waals surface area contributed by atoms with Crippen LogP contribution in [0.1, 0.15) is 34.6 Å². The molecule has 0 unspecified atom stereocenters.